The van der Waals surface area contributed by atoms with Crippen LogP contribution in [0.3, 0.4) is 0 Å². The molecule has 0 aliphatic carbocycles. The number of rotatable bonds is 6. The van der Waals surface area contributed by atoms with E-state index < -0.39 is 0 Å². The number of nitrogens with one attached hydrogen (secondary N) is 2. The lowest BCUT2D eigenvalue weighted by Gasteiger charge is -2.26. The van der Waals surface area contributed by atoms with Crippen molar-refractivity contribution in [2.45, 2.75) is 19.4 Å². The fourth-order valence-corrected chi connectivity index (χ4v) is 2.49. The summed E-state index contributed by atoms with van der Waals surface area (Å²) in [5.41, 5.74) is 2.22. The Morgan fingerprint density at radius 2 is 1.88 bits per heavy atom. The van der Waals surface area contributed by atoms with Crippen molar-refractivity contribution in [3.63, 3.8) is 0 Å². The van der Waals surface area contributed by atoms with Crippen molar-refractivity contribution in [3.05, 3.63) is 54.1 Å². The number of hydrogen-bond donors (Lipinski definition) is 2. The molecule has 2 aromatic carbocycles. The largest absolute Gasteiger partial charge is 0.486 e. The third-order valence-corrected chi connectivity index (χ3v) is 3.91. The summed E-state index contributed by atoms with van der Waals surface area (Å²) in [7, 11) is 0. The number of hydrogen-bond acceptors (Lipinski definition) is 4. The number of fused-ring (bicyclic) bond motifs is 1. The van der Waals surface area contributed by atoms with Crippen LogP contribution < -0.4 is 20.1 Å². The molecule has 126 valence electrons. The molecule has 1 heterocycles. The Balaban J connectivity index is 1.41. The number of aryl methyl sites for hydroxylation is 1. The predicted octanol–water partition coefficient (Wildman–Crippen LogP) is 2.62. The molecule has 5 heteroatoms. The molecule has 24 heavy (non-hydrogen) atoms. The van der Waals surface area contributed by atoms with E-state index in [0.29, 0.717) is 13.2 Å². The second-order valence-corrected chi connectivity index (χ2v) is 5.71. The third-order valence-electron chi connectivity index (χ3n) is 3.91. The van der Waals surface area contributed by atoms with Gasteiger partial charge in [-0.15, -0.1) is 0 Å². The summed E-state index contributed by atoms with van der Waals surface area (Å²) in [5, 5.41) is 5.98. The Bertz CT molecular complexity index is 685. The molecule has 1 aliphatic heterocycles. The van der Waals surface area contributed by atoms with E-state index in [9.17, 15) is 4.79 Å². The normalized spacial score (nSPS) is 15.6. The number of carbonyl (C=O) groups excluding carboxylic acids is 1. The van der Waals surface area contributed by atoms with Crippen molar-refractivity contribution in [2.75, 3.05) is 25.0 Å². The van der Waals surface area contributed by atoms with Crippen LogP contribution in [0.15, 0.2) is 48.5 Å². The van der Waals surface area contributed by atoms with Crippen LogP contribution in [0.25, 0.3) is 0 Å². The fourth-order valence-electron chi connectivity index (χ4n) is 2.49. The quantitative estimate of drug-likeness (QED) is 0.857. The summed E-state index contributed by atoms with van der Waals surface area (Å²) in [6.45, 7) is 3.20. The second kappa shape index (κ2) is 7.73. The van der Waals surface area contributed by atoms with Crippen LogP contribution in [0.5, 0.6) is 11.5 Å². The van der Waals surface area contributed by atoms with Crippen LogP contribution in [0, 0.1) is 0 Å². The molecule has 1 amide bonds. The summed E-state index contributed by atoms with van der Waals surface area (Å²) in [6, 6.07) is 15.6. The van der Waals surface area contributed by atoms with Crippen LogP contribution >= 0.6 is 0 Å². The van der Waals surface area contributed by atoms with Crippen molar-refractivity contribution in [2.24, 2.45) is 0 Å². The van der Waals surface area contributed by atoms with Crippen molar-refractivity contribution in [1.29, 1.82) is 0 Å². The predicted molar refractivity (Wildman–Crippen MR) is 93.7 cm³/mol. The third kappa shape index (κ3) is 4.19. The van der Waals surface area contributed by atoms with Gasteiger partial charge in [-0.2, -0.15) is 0 Å². The van der Waals surface area contributed by atoms with Gasteiger partial charge in [-0.05, 0) is 36.2 Å². The zero-order valence-corrected chi connectivity index (χ0v) is 13.7. The van der Waals surface area contributed by atoms with Crippen molar-refractivity contribution in [3.8, 4) is 11.5 Å². The van der Waals surface area contributed by atoms with Crippen LogP contribution in [0.4, 0.5) is 5.69 Å². The molecule has 2 N–H and O–H groups in total. The summed E-state index contributed by atoms with van der Waals surface area (Å²) in [4.78, 5) is 12.0. The van der Waals surface area contributed by atoms with Gasteiger partial charge in [0.1, 0.15) is 12.7 Å². The van der Waals surface area contributed by atoms with Gasteiger partial charge in [-0.3, -0.25) is 4.79 Å². The van der Waals surface area contributed by atoms with Crippen molar-refractivity contribution in [1.82, 2.24) is 5.32 Å². The van der Waals surface area contributed by atoms with Gasteiger partial charge in [0.05, 0.1) is 13.1 Å². The maximum Gasteiger partial charge on any atom is 0.239 e. The van der Waals surface area contributed by atoms with E-state index in [1.54, 1.807) is 0 Å². The highest BCUT2D eigenvalue weighted by atomic mass is 16.6. The number of benzene rings is 2. The first-order valence-corrected chi connectivity index (χ1v) is 8.22. The average molecular weight is 326 g/mol. The molecule has 1 atom stereocenters. The highest BCUT2D eigenvalue weighted by Gasteiger charge is 2.20. The van der Waals surface area contributed by atoms with Crippen LogP contribution in [-0.2, 0) is 11.2 Å². The van der Waals surface area contributed by atoms with Crippen LogP contribution in [0.1, 0.15) is 12.5 Å². The zero-order chi connectivity index (χ0) is 16.8. The fraction of sp³-hybridized carbons (Fsp3) is 0.316. The Morgan fingerprint density at radius 1 is 1.12 bits per heavy atom. The Kier molecular flexibility index (Phi) is 5.21. The number of anilines is 1. The molecule has 0 aromatic heterocycles. The SMILES string of the molecule is CCc1ccc(NCC(=O)NC[C@@H]2COc3ccccc3O2)cc1. The monoisotopic (exact) mass is 326 g/mol. The minimum atomic E-state index is -0.173. The molecule has 0 unspecified atom stereocenters. The first-order valence-electron chi connectivity index (χ1n) is 8.22. The first-order chi connectivity index (χ1) is 11.7. The Morgan fingerprint density at radius 3 is 2.62 bits per heavy atom. The summed E-state index contributed by atoms with van der Waals surface area (Å²) in [6.07, 6.45) is 0.834. The summed E-state index contributed by atoms with van der Waals surface area (Å²) >= 11 is 0. The van der Waals surface area contributed by atoms with E-state index in [4.69, 9.17) is 9.47 Å². The number of carbonyl (C=O) groups is 1. The molecule has 0 bridgehead atoms. The lowest BCUT2D eigenvalue weighted by molar-refractivity contribution is -0.119. The lowest BCUT2D eigenvalue weighted by Crippen LogP contribution is -2.42. The van der Waals surface area contributed by atoms with Gasteiger partial charge in [0.25, 0.3) is 0 Å². The number of ether oxygens (including phenoxy) is 2. The minimum Gasteiger partial charge on any atom is -0.486 e. The van der Waals surface area contributed by atoms with Gasteiger partial charge in [-0.25, -0.2) is 0 Å². The molecular weight excluding hydrogens is 304 g/mol. The molecule has 0 fully saturated rings. The summed E-state index contributed by atoms with van der Waals surface area (Å²) in [5.74, 6) is 1.39. The first kappa shape index (κ1) is 16.2. The molecule has 5 nitrogen and oxygen atoms in total. The molecule has 0 saturated heterocycles. The van der Waals surface area contributed by atoms with Gasteiger partial charge in [0, 0.05) is 5.69 Å². The smallest absolute Gasteiger partial charge is 0.239 e. The lowest BCUT2D eigenvalue weighted by atomic mass is 10.1. The second-order valence-electron chi connectivity index (χ2n) is 5.71. The zero-order valence-electron chi connectivity index (χ0n) is 13.7. The molecule has 0 spiro atoms. The van der Waals surface area contributed by atoms with Crippen LogP contribution in [0.2, 0.25) is 0 Å². The van der Waals surface area contributed by atoms with E-state index in [0.717, 1.165) is 23.6 Å². The molecule has 0 radical (unpaired) electrons. The van der Waals surface area contributed by atoms with Gasteiger partial charge in [0.2, 0.25) is 5.91 Å². The minimum absolute atomic E-state index is 0.0722. The Hall–Kier alpha value is -2.69. The van der Waals surface area contributed by atoms with E-state index in [1.165, 1.54) is 5.56 Å². The molecule has 1 aliphatic rings. The topological polar surface area (TPSA) is 59.6 Å². The van der Waals surface area contributed by atoms with Gasteiger partial charge in [0.15, 0.2) is 11.5 Å². The highest BCUT2D eigenvalue weighted by Crippen LogP contribution is 2.30. The van der Waals surface area contributed by atoms with Crippen LogP contribution in [-0.4, -0.2) is 31.7 Å². The molecular formula is C19H22N2O3. The van der Waals surface area contributed by atoms with E-state index in [-0.39, 0.29) is 18.6 Å². The molecule has 0 saturated carbocycles. The summed E-state index contributed by atoms with van der Waals surface area (Å²) < 4.78 is 11.4. The van der Waals surface area contributed by atoms with E-state index in [2.05, 4.69) is 29.7 Å². The van der Waals surface area contributed by atoms with Gasteiger partial charge in [-0.1, -0.05) is 31.2 Å². The standard InChI is InChI=1S/C19H22N2O3/c1-2-14-7-9-15(10-8-14)20-12-19(22)21-11-16-13-23-17-5-3-4-6-18(17)24-16/h3-10,16,20H,2,11-13H2,1H3,(H,21,22)/t16-/m1/s1. The van der Waals surface area contributed by atoms with Gasteiger partial charge < -0.3 is 20.1 Å². The van der Waals surface area contributed by atoms with E-state index in [1.807, 2.05) is 36.4 Å². The maximum absolute atomic E-state index is 12.0. The van der Waals surface area contributed by atoms with E-state index >= 15 is 0 Å². The molecule has 2 aromatic rings. The number of amides is 1. The van der Waals surface area contributed by atoms with Crippen molar-refractivity contribution < 1.29 is 14.3 Å². The maximum atomic E-state index is 12.0. The average Bonchev–Trinajstić information content (AvgIpc) is 2.65. The highest BCUT2D eigenvalue weighted by molar-refractivity contribution is 5.80. The molecule has 3 rings (SSSR count). The number of para-hydroxylation sites is 2. The van der Waals surface area contributed by atoms with Crippen molar-refractivity contribution >= 4 is 11.6 Å². The Labute approximate surface area is 142 Å². The van der Waals surface area contributed by atoms with Gasteiger partial charge >= 0.3 is 0 Å².